The van der Waals surface area contributed by atoms with Gasteiger partial charge < -0.3 is 14.6 Å². The van der Waals surface area contributed by atoms with Gasteiger partial charge in [0.2, 0.25) is 0 Å². The molecule has 4 heteroatoms. The Bertz CT molecular complexity index is 686. The van der Waals surface area contributed by atoms with Crippen molar-refractivity contribution in [3.63, 3.8) is 0 Å². The molecule has 0 radical (unpaired) electrons. The van der Waals surface area contributed by atoms with E-state index in [0.717, 1.165) is 48.1 Å². The molecule has 3 rings (SSSR count). The highest BCUT2D eigenvalue weighted by molar-refractivity contribution is 6.20. The summed E-state index contributed by atoms with van der Waals surface area (Å²) in [6.07, 6.45) is 4.28. The molecule has 1 saturated carbocycles. The maximum Gasteiger partial charge on any atom is 0.343 e. The number of methoxy groups -OCH3 is 1. The van der Waals surface area contributed by atoms with E-state index in [9.17, 15) is 9.90 Å². The molecule has 0 amide bonds. The number of benzene rings is 1. The third-order valence-electron chi connectivity index (χ3n) is 5.73. The van der Waals surface area contributed by atoms with Gasteiger partial charge in [0.05, 0.1) is 0 Å². The maximum atomic E-state index is 12.6. The van der Waals surface area contributed by atoms with Crippen LogP contribution in [0.4, 0.5) is 0 Å². The van der Waals surface area contributed by atoms with Gasteiger partial charge >= 0.3 is 5.97 Å². The van der Waals surface area contributed by atoms with Crippen LogP contribution in [0.25, 0.3) is 5.57 Å². The van der Waals surface area contributed by atoms with E-state index >= 15 is 0 Å². The molecule has 1 heterocycles. The first-order valence-corrected chi connectivity index (χ1v) is 9.12. The minimum absolute atomic E-state index is 0.137. The van der Waals surface area contributed by atoms with Gasteiger partial charge in [-0.05, 0) is 75.5 Å². The lowest BCUT2D eigenvalue weighted by atomic mass is 9.76. The first kappa shape index (κ1) is 18.0. The highest BCUT2D eigenvalue weighted by Crippen LogP contribution is 2.48. The number of esters is 1. The van der Waals surface area contributed by atoms with Crippen molar-refractivity contribution in [1.29, 1.82) is 0 Å². The molecular formula is C21H28O4. The van der Waals surface area contributed by atoms with E-state index in [4.69, 9.17) is 9.47 Å². The number of hydrogen-bond donors (Lipinski definition) is 1. The van der Waals surface area contributed by atoms with Crippen LogP contribution in [0.3, 0.4) is 0 Å². The molecule has 25 heavy (non-hydrogen) atoms. The van der Waals surface area contributed by atoms with Gasteiger partial charge in [-0.1, -0.05) is 17.7 Å². The van der Waals surface area contributed by atoms with Crippen LogP contribution in [-0.2, 0) is 14.3 Å². The Labute approximate surface area is 149 Å². The zero-order chi connectivity index (χ0) is 18.2. The number of ether oxygens (including phenoxy) is 2. The second-order valence-corrected chi connectivity index (χ2v) is 7.61. The minimum atomic E-state index is -0.820. The van der Waals surface area contributed by atoms with Gasteiger partial charge in [-0.25, -0.2) is 4.79 Å². The summed E-state index contributed by atoms with van der Waals surface area (Å²) in [4.78, 5) is 12.6. The van der Waals surface area contributed by atoms with E-state index in [0.29, 0.717) is 24.3 Å². The number of rotatable bonds is 4. The van der Waals surface area contributed by atoms with Gasteiger partial charge in [-0.2, -0.15) is 0 Å². The van der Waals surface area contributed by atoms with Crippen LogP contribution < -0.4 is 0 Å². The summed E-state index contributed by atoms with van der Waals surface area (Å²) in [7, 11) is 1.72. The van der Waals surface area contributed by atoms with Crippen LogP contribution in [0.2, 0.25) is 0 Å². The Morgan fingerprint density at radius 1 is 1.20 bits per heavy atom. The Hall–Kier alpha value is -1.81. The molecule has 0 bridgehead atoms. The summed E-state index contributed by atoms with van der Waals surface area (Å²) in [6, 6.07) is 4.09. The molecule has 1 spiro atoms. The number of aliphatic hydroxyl groups is 1. The Morgan fingerprint density at radius 3 is 2.36 bits per heavy atom. The molecule has 2 aliphatic rings. The molecule has 1 aromatic carbocycles. The highest BCUT2D eigenvalue weighted by atomic mass is 16.6. The number of aryl methyl sites for hydroxylation is 3. The summed E-state index contributed by atoms with van der Waals surface area (Å²) in [5.74, 6) is 0.324. The van der Waals surface area contributed by atoms with Gasteiger partial charge in [0.25, 0.3) is 0 Å². The molecule has 0 aromatic heterocycles. The summed E-state index contributed by atoms with van der Waals surface area (Å²) in [5.41, 5.74) is 3.53. The number of hydrogen-bond acceptors (Lipinski definition) is 4. The third kappa shape index (κ3) is 3.20. The van der Waals surface area contributed by atoms with Crippen molar-refractivity contribution < 1.29 is 19.4 Å². The van der Waals surface area contributed by atoms with Gasteiger partial charge in [-0.15, -0.1) is 0 Å². The quantitative estimate of drug-likeness (QED) is 0.822. The fraction of sp³-hybridized carbons (Fsp3) is 0.571. The predicted octanol–water partition coefficient (Wildman–Crippen LogP) is 4.40. The van der Waals surface area contributed by atoms with E-state index < -0.39 is 5.60 Å². The summed E-state index contributed by atoms with van der Waals surface area (Å²) in [6.45, 7) is 6.76. The molecule has 0 saturated heterocycles. The number of carbonyl (C=O) groups is 1. The fourth-order valence-corrected chi connectivity index (χ4v) is 4.45. The van der Waals surface area contributed by atoms with Crippen LogP contribution in [0.15, 0.2) is 17.9 Å². The summed E-state index contributed by atoms with van der Waals surface area (Å²) < 4.78 is 10.9. The molecule has 136 valence electrons. The van der Waals surface area contributed by atoms with Gasteiger partial charge in [0.1, 0.15) is 5.57 Å². The molecule has 1 aliphatic carbocycles. The summed E-state index contributed by atoms with van der Waals surface area (Å²) in [5, 5.41) is 11.0. The van der Waals surface area contributed by atoms with Crippen molar-refractivity contribution in [3.05, 3.63) is 40.1 Å². The topological polar surface area (TPSA) is 55.8 Å². The maximum absolute atomic E-state index is 12.6. The molecule has 0 unspecified atom stereocenters. The van der Waals surface area contributed by atoms with Gasteiger partial charge in [-0.3, -0.25) is 0 Å². The fourth-order valence-electron chi connectivity index (χ4n) is 4.45. The zero-order valence-electron chi connectivity index (χ0n) is 15.6. The largest absolute Gasteiger partial charge is 0.507 e. The smallest absolute Gasteiger partial charge is 0.343 e. The Morgan fingerprint density at radius 2 is 1.80 bits per heavy atom. The van der Waals surface area contributed by atoms with Crippen LogP contribution in [0.5, 0.6) is 0 Å². The molecule has 1 aromatic rings. The van der Waals surface area contributed by atoms with Crippen LogP contribution >= 0.6 is 0 Å². The van der Waals surface area contributed by atoms with E-state index in [1.165, 1.54) is 0 Å². The lowest BCUT2D eigenvalue weighted by Crippen LogP contribution is -2.37. The lowest BCUT2D eigenvalue weighted by molar-refractivity contribution is -0.150. The lowest BCUT2D eigenvalue weighted by Gasteiger charge is -2.35. The van der Waals surface area contributed by atoms with E-state index in [1.807, 2.05) is 32.9 Å². The SMILES string of the molecule is COCCC1CCC2(CC1)OC(=O)C(c1c(C)cc(C)cc1C)=C2O. The third-order valence-corrected chi connectivity index (χ3v) is 5.73. The molecule has 1 N–H and O–H groups in total. The van der Waals surface area contributed by atoms with Crippen molar-refractivity contribution in [3.8, 4) is 0 Å². The standard InChI is InChI=1S/C21H28O4/c1-13-11-14(2)17(15(3)12-13)18-19(22)21(25-20(18)23)8-5-16(6-9-21)7-10-24-4/h11-12,16,22H,5-10H2,1-4H3. The van der Waals surface area contributed by atoms with Crippen molar-refractivity contribution >= 4 is 11.5 Å². The Balaban J connectivity index is 1.91. The molecule has 0 atom stereocenters. The zero-order valence-corrected chi connectivity index (χ0v) is 15.6. The van der Waals surface area contributed by atoms with Crippen LogP contribution in [-0.4, -0.2) is 30.4 Å². The molecule has 4 nitrogen and oxygen atoms in total. The highest BCUT2D eigenvalue weighted by Gasteiger charge is 2.50. The molecule has 1 fully saturated rings. The number of aliphatic hydroxyl groups excluding tert-OH is 1. The minimum Gasteiger partial charge on any atom is -0.507 e. The van der Waals surface area contributed by atoms with E-state index in [1.54, 1.807) is 7.11 Å². The average Bonchev–Trinajstić information content (AvgIpc) is 2.78. The second-order valence-electron chi connectivity index (χ2n) is 7.61. The number of carbonyl (C=O) groups excluding carboxylic acids is 1. The predicted molar refractivity (Wildman–Crippen MR) is 97.5 cm³/mol. The van der Waals surface area contributed by atoms with Crippen molar-refractivity contribution in [2.24, 2.45) is 5.92 Å². The molecular weight excluding hydrogens is 316 g/mol. The van der Waals surface area contributed by atoms with Crippen LogP contribution in [0, 0.1) is 26.7 Å². The molecule has 1 aliphatic heterocycles. The van der Waals surface area contributed by atoms with Crippen molar-refractivity contribution in [1.82, 2.24) is 0 Å². The van der Waals surface area contributed by atoms with Crippen molar-refractivity contribution in [2.75, 3.05) is 13.7 Å². The normalized spacial score (nSPS) is 26.4. The first-order chi connectivity index (χ1) is 11.9. The average molecular weight is 344 g/mol. The summed E-state index contributed by atoms with van der Waals surface area (Å²) >= 11 is 0. The monoisotopic (exact) mass is 344 g/mol. The Kier molecular flexibility index (Phi) is 4.92. The van der Waals surface area contributed by atoms with E-state index in [2.05, 4.69) is 0 Å². The van der Waals surface area contributed by atoms with Gasteiger partial charge in [0, 0.05) is 13.7 Å². The van der Waals surface area contributed by atoms with Crippen LogP contribution in [0.1, 0.15) is 54.4 Å². The van der Waals surface area contributed by atoms with Crippen molar-refractivity contribution in [2.45, 2.75) is 58.5 Å². The van der Waals surface area contributed by atoms with Gasteiger partial charge in [0.15, 0.2) is 11.4 Å². The first-order valence-electron chi connectivity index (χ1n) is 9.12. The van der Waals surface area contributed by atoms with E-state index in [-0.39, 0.29) is 11.7 Å². The second kappa shape index (κ2) is 6.83.